The molecule has 0 aromatic heterocycles. The van der Waals surface area contributed by atoms with Gasteiger partial charge in [-0.1, -0.05) is 36.4 Å². The lowest BCUT2D eigenvalue weighted by Gasteiger charge is -2.19. The summed E-state index contributed by atoms with van der Waals surface area (Å²) in [4.78, 5) is 27.2. The molecule has 0 saturated carbocycles. The Kier molecular flexibility index (Phi) is 7.49. The molecule has 166 valence electrons. The number of anilines is 3. The van der Waals surface area contributed by atoms with Gasteiger partial charge < -0.3 is 20.9 Å². The molecule has 0 spiro atoms. The molecule has 0 fully saturated rings. The zero-order chi connectivity index (χ0) is 23.1. The Bertz CT molecular complexity index is 1090. The molecule has 0 aliphatic carbocycles. The van der Waals surface area contributed by atoms with E-state index in [1.165, 1.54) is 5.56 Å². The van der Waals surface area contributed by atoms with Crippen molar-refractivity contribution in [3.8, 4) is 0 Å². The van der Waals surface area contributed by atoms with Crippen molar-refractivity contribution in [2.75, 3.05) is 36.2 Å². The largest absolute Gasteiger partial charge is 0.377 e. The normalized spacial score (nSPS) is 10.4. The Morgan fingerprint density at radius 2 is 1.47 bits per heavy atom. The first-order chi connectivity index (χ1) is 15.3. The Morgan fingerprint density at radius 3 is 2.12 bits per heavy atom. The average Bonchev–Trinajstić information content (AvgIpc) is 2.76. The van der Waals surface area contributed by atoms with Crippen LogP contribution in [0.25, 0.3) is 0 Å². The van der Waals surface area contributed by atoms with Gasteiger partial charge in [-0.3, -0.25) is 4.79 Å². The van der Waals surface area contributed by atoms with E-state index in [2.05, 4.69) is 16.0 Å². The van der Waals surface area contributed by atoms with Gasteiger partial charge in [0.05, 0.1) is 5.56 Å². The van der Waals surface area contributed by atoms with Crippen LogP contribution in [0.3, 0.4) is 0 Å². The molecule has 32 heavy (non-hydrogen) atoms. The standard InChI is InChI=1S/C26H30N4O2/c1-18-10-11-21(16-19(18)2)28-26(32)29-22-12-13-24(30(3)4)23(17-22)25(31)27-15-14-20-8-6-5-7-9-20/h5-13,16-17H,14-15H2,1-4H3,(H,27,31)(H2,28,29,32). The van der Waals surface area contributed by atoms with E-state index < -0.39 is 0 Å². The van der Waals surface area contributed by atoms with E-state index in [0.29, 0.717) is 17.8 Å². The van der Waals surface area contributed by atoms with Crippen molar-refractivity contribution in [2.24, 2.45) is 0 Å². The summed E-state index contributed by atoms with van der Waals surface area (Å²) in [5.41, 5.74) is 5.98. The zero-order valence-electron chi connectivity index (χ0n) is 19.0. The quantitative estimate of drug-likeness (QED) is 0.495. The van der Waals surface area contributed by atoms with Gasteiger partial charge in [-0.05, 0) is 67.3 Å². The Labute approximate surface area is 189 Å². The number of benzene rings is 3. The number of amides is 3. The molecule has 3 aromatic rings. The average molecular weight is 431 g/mol. The predicted octanol–water partition coefficient (Wildman–Crippen LogP) is 4.99. The van der Waals surface area contributed by atoms with Gasteiger partial charge in [-0.15, -0.1) is 0 Å². The van der Waals surface area contributed by atoms with Crippen LogP contribution in [0.5, 0.6) is 0 Å². The van der Waals surface area contributed by atoms with Gasteiger partial charge in [-0.2, -0.15) is 0 Å². The lowest BCUT2D eigenvalue weighted by atomic mass is 10.1. The van der Waals surface area contributed by atoms with Crippen LogP contribution < -0.4 is 20.9 Å². The van der Waals surface area contributed by atoms with E-state index in [0.717, 1.165) is 28.9 Å². The topological polar surface area (TPSA) is 73.5 Å². The Balaban J connectivity index is 1.68. The molecular formula is C26H30N4O2. The predicted molar refractivity (Wildman–Crippen MR) is 132 cm³/mol. The van der Waals surface area contributed by atoms with E-state index in [9.17, 15) is 9.59 Å². The maximum atomic E-state index is 12.9. The van der Waals surface area contributed by atoms with Gasteiger partial charge in [-0.25, -0.2) is 4.79 Å². The van der Waals surface area contributed by atoms with Crippen molar-refractivity contribution in [1.82, 2.24) is 5.32 Å². The fourth-order valence-corrected chi connectivity index (χ4v) is 3.36. The molecule has 0 saturated heterocycles. The summed E-state index contributed by atoms with van der Waals surface area (Å²) < 4.78 is 0. The van der Waals surface area contributed by atoms with Crippen molar-refractivity contribution >= 4 is 29.0 Å². The number of carbonyl (C=O) groups is 2. The molecule has 0 heterocycles. The van der Waals surface area contributed by atoms with Gasteiger partial charge in [0.2, 0.25) is 0 Å². The molecule has 0 aliphatic heterocycles. The number of hydrogen-bond donors (Lipinski definition) is 3. The second kappa shape index (κ2) is 10.5. The van der Waals surface area contributed by atoms with Crippen molar-refractivity contribution < 1.29 is 9.59 Å². The van der Waals surface area contributed by atoms with Crippen LogP contribution in [-0.2, 0) is 6.42 Å². The van der Waals surface area contributed by atoms with E-state index in [1.54, 1.807) is 12.1 Å². The SMILES string of the molecule is Cc1ccc(NC(=O)Nc2ccc(N(C)C)c(C(=O)NCCc3ccccc3)c2)cc1C. The number of aryl methyl sites for hydroxylation is 2. The molecule has 6 nitrogen and oxygen atoms in total. The highest BCUT2D eigenvalue weighted by molar-refractivity contribution is 6.04. The third-order valence-corrected chi connectivity index (χ3v) is 5.29. The third kappa shape index (κ3) is 6.11. The van der Waals surface area contributed by atoms with E-state index >= 15 is 0 Å². The number of hydrogen-bond acceptors (Lipinski definition) is 3. The molecule has 3 N–H and O–H groups in total. The molecule has 0 unspecified atom stereocenters. The summed E-state index contributed by atoms with van der Waals surface area (Å²) in [5.74, 6) is -0.178. The van der Waals surface area contributed by atoms with Crippen LogP contribution >= 0.6 is 0 Å². The zero-order valence-corrected chi connectivity index (χ0v) is 19.0. The molecule has 3 rings (SSSR count). The highest BCUT2D eigenvalue weighted by Gasteiger charge is 2.15. The lowest BCUT2D eigenvalue weighted by molar-refractivity contribution is 0.0954. The fourth-order valence-electron chi connectivity index (χ4n) is 3.36. The number of rotatable bonds is 7. The maximum Gasteiger partial charge on any atom is 0.323 e. The number of urea groups is 1. The van der Waals surface area contributed by atoms with Crippen molar-refractivity contribution in [2.45, 2.75) is 20.3 Å². The van der Waals surface area contributed by atoms with Crippen LogP contribution in [0.2, 0.25) is 0 Å². The van der Waals surface area contributed by atoms with Crippen LogP contribution in [0.15, 0.2) is 66.7 Å². The first kappa shape index (κ1) is 22.9. The summed E-state index contributed by atoms with van der Waals surface area (Å²) in [7, 11) is 3.77. The third-order valence-electron chi connectivity index (χ3n) is 5.29. The Morgan fingerprint density at radius 1 is 0.812 bits per heavy atom. The first-order valence-electron chi connectivity index (χ1n) is 10.6. The van der Waals surface area contributed by atoms with Crippen LogP contribution in [0, 0.1) is 13.8 Å². The minimum Gasteiger partial charge on any atom is -0.377 e. The minimum absolute atomic E-state index is 0.178. The fraction of sp³-hybridized carbons (Fsp3) is 0.231. The lowest BCUT2D eigenvalue weighted by Crippen LogP contribution is -2.28. The van der Waals surface area contributed by atoms with Gasteiger partial charge in [0.25, 0.3) is 5.91 Å². The van der Waals surface area contributed by atoms with E-state index in [1.807, 2.05) is 87.4 Å². The molecule has 0 bridgehead atoms. The van der Waals surface area contributed by atoms with Crippen LogP contribution in [0.4, 0.5) is 21.9 Å². The van der Waals surface area contributed by atoms with Gasteiger partial charge in [0, 0.05) is 37.7 Å². The molecule has 0 aliphatic rings. The van der Waals surface area contributed by atoms with E-state index in [-0.39, 0.29) is 11.9 Å². The van der Waals surface area contributed by atoms with Crippen molar-refractivity contribution in [1.29, 1.82) is 0 Å². The number of nitrogens with one attached hydrogen (secondary N) is 3. The second-order valence-corrected chi connectivity index (χ2v) is 8.00. The second-order valence-electron chi connectivity index (χ2n) is 8.00. The Hall–Kier alpha value is -3.80. The first-order valence-corrected chi connectivity index (χ1v) is 10.6. The van der Waals surface area contributed by atoms with Crippen LogP contribution in [0.1, 0.15) is 27.0 Å². The summed E-state index contributed by atoms with van der Waals surface area (Å²) in [6.45, 7) is 4.56. The van der Waals surface area contributed by atoms with Crippen molar-refractivity contribution in [3.05, 3.63) is 89.0 Å². The number of carbonyl (C=O) groups excluding carboxylic acids is 2. The monoisotopic (exact) mass is 430 g/mol. The molecule has 0 atom stereocenters. The molecule has 3 aromatic carbocycles. The van der Waals surface area contributed by atoms with Gasteiger partial charge in [0.15, 0.2) is 0 Å². The highest BCUT2D eigenvalue weighted by atomic mass is 16.2. The summed E-state index contributed by atoms with van der Waals surface area (Å²) >= 11 is 0. The minimum atomic E-state index is -0.360. The van der Waals surface area contributed by atoms with Crippen molar-refractivity contribution in [3.63, 3.8) is 0 Å². The smallest absolute Gasteiger partial charge is 0.323 e. The number of nitrogens with zero attached hydrogens (tertiary/aromatic N) is 1. The maximum absolute atomic E-state index is 12.9. The highest BCUT2D eigenvalue weighted by Crippen LogP contribution is 2.23. The van der Waals surface area contributed by atoms with Gasteiger partial charge >= 0.3 is 6.03 Å². The molecule has 6 heteroatoms. The van der Waals surface area contributed by atoms with Crippen LogP contribution in [-0.4, -0.2) is 32.6 Å². The summed E-state index contributed by atoms with van der Waals surface area (Å²) in [6, 6.07) is 20.7. The molecule has 0 radical (unpaired) electrons. The molecule has 3 amide bonds. The summed E-state index contributed by atoms with van der Waals surface area (Å²) in [6.07, 6.45) is 0.750. The van der Waals surface area contributed by atoms with Gasteiger partial charge in [0.1, 0.15) is 0 Å². The summed E-state index contributed by atoms with van der Waals surface area (Å²) in [5, 5.41) is 8.64. The van der Waals surface area contributed by atoms with E-state index in [4.69, 9.17) is 0 Å². The molecular weight excluding hydrogens is 400 g/mol.